The average Bonchev–Trinajstić information content (AvgIpc) is 2.66. The summed E-state index contributed by atoms with van der Waals surface area (Å²) >= 11 is 0. The molecule has 0 saturated heterocycles. The van der Waals surface area contributed by atoms with Crippen LogP contribution in [0.3, 0.4) is 0 Å². The Kier molecular flexibility index (Phi) is 4.24. The minimum absolute atomic E-state index is 0.0544. The first kappa shape index (κ1) is 17.0. The third-order valence-corrected chi connectivity index (χ3v) is 4.02. The number of halogens is 3. The number of benzene rings is 2. The zero-order valence-corrected chi connectivity index (χ0v) is 13.4. The molecule has 0 spiro atoms. The van der Waals surface area contributed by atoms with E-state index in [-0.39, 0.29) is 17.9 Å². The first-order valence-electron chi connectivity index (χ1n) is 7.72. The van der Waals surface area contributed by atoms with Crippen molar-refractivity contribution in [3.63, 3.8) is 0 Å². The summed E-state index contributed by atoms with van der Waals surface area (Å²) in [6.07, 6.45) is -4.95. The molecule has 2 aromatic rings. The topological polar surface area (TPSA) is 40.6 Å². The third kappa shape index (κ3) is 3.09. The van der Waals surface area contributed by atoms with Crippen molar-refractivity contribution in [2.45, 2.75) is 19.5 Å². The zero-order valence-electron chi connectivity index (χ0n) is 13.4. The molecule has 2 aromatic carbocycles. The number of carbonyl (C=O) groups excluding carboxylic acids is 2. The largest absolute Gasteiger partial charge is 0.416 e. The number of para-hydroxylation sites is 1. The van der Waals surface area contributed by atoms with E-state index in [1.807, 2.05) is 0 Å². The molecule has 0 saturated carbocycles. The normalized spacial score (nSPS) is 15.2. The van der Waals surface area contributed by atoms with Crippen molar-refractivity contribution in [2.24, 2.45) is 0 Å². The second-order valence-electron chi connectivity index (χ2n) is 5.58. The SMILES string of the molecule is CCN1C(=O)CC(=O)N(c2ccccc2)c2cc(C(F)(F)F)ccc21. The molecule has 3 rings (SSSR count). The molecule has 25 heavy (non-hydrogen) atoms. The Labute approximate surface area is 142 Å². The highest BCUT2D eigenvalue weighted by Crippen LogP contribution is 2.41. The summed E-state index contributed by atoms with van der Waals surface area (Å²) < 4.78 is 39.5. The van der Waals surface area contributed by atoms with Gasteiger partial charge in [0.05, 0.1) is 16.9 Å². The molecule has 0 N–H and O–H groups in total. The summed E-state index contributed by atoms with van der Waals surface area (Å²) in [5.74, 6) is -1.00. The Morgan fingerprint density at radius 1 is 0.960 bits per heavy atom. The van der Waals surface area contributed by atoms with Crippen molar-refractivity contribution in [3.05, 3.63) is 54.1 Å². The molecular formula is C18H15F3N2O2. The van der Waals surface area contributed by atoms with Crippen LogP contribution >= 0.6 is 0 Å². The van der Waals surface area contributed by atoms with Crippen LogP contribution in [0.4, 0.5) is 30.2 Å². The van der Waals surface area contributed by atoms with E-state index in [0.717, 1.165) is 12.1 Å². The Morgan fingerprint density at radius 3 is 2.24 bits per heavy atom. The van der Waals surface area contributed by atoms with Crippen molar-refractivity contribution in [3.8, 4) is 0 Å². The fraction of sp³-hybridized carbons (Fsp3) is 0.222. The van der Waals surface area contributed by atoms with Gasteiger partial charge in [0.15, 0.2) is 0 Å². The van der Waals surface area contributed by atoms with Crippen molar-refractivity contribution in [1.82, 2.24) is 0 Å². The van der Waals surface area contributed by atoms with Crippen LogP contribution in [0.1, 0.15) is 18.9 Å². The molecule has 7 heteroatoms. The summed E-state index contributed by atoms with van der Waals surface area (Å²) in [6, 6.07) is 11.4. The molecule has 0 atom stereocenters. The van der Waals surface area contributed by atoms with Gasteiger partial charge in [-0.25, -0.2) is 0 Å². The lowest BCUT2D eigenvalue weighted by molar-refractivity contribution is -0.137. The van der Waals surface area contributed by atoms with Gasteiger partial charge in [0.1, 0.15) is 6.42 Å². The van der Waals surface area contributed by atoms with Crippen molar-refractivity contribution in [2.75, 3.05) is 16.3 Å². The van der Waals surface area contributed by atoms with Gasteiger partial charge in [-0.2, -0.15) is 13.2 Å². The van der Waals surface area contributed by atoms with Gasteiger partial charge in [-0.1, -0.05) is 18.2 Å². The van der Waals surface area contributed by atoms with E-state index in [2.05, 4.69) is 0 Å². The highest BCUT2D eigenvalue weighted by Gasteiger charge is 2.36. The first-order chi connectivity index (χ1) is 11.8. The van der Waals surface area contributed by atoms with Gasteiger partial charge in [-0.05, 0) is 37.3 Å². The van der Waals surface area contributed by atoms with E-state index in [9.17, 15) is 22.8 Å². The number of nitrogens with zero attached hydrogens (tertiary/aromatic N) is 2. The van der Waals surface area contributed by atoms with Crippen LogP contribution in [0.2, 0.25) is 0 Å². The third-order valence-electron chi connectivity index (χ3n) is 4.02. The summed E-state index contributed by atoms with van der Waals surface area (Å²) in [5, 5.41) is 0. The first-order valence-corrected chi connectivity index (χ1v) is 7.72. The molecule has 1 heterocycles. The van der Waals surface area contributed by atoms with Gasteiger partial charge in [0.25, 0.3) is 0 Å². The number of fused-ring (bicyclic) bond motifs is 1. The minimum atomic E-state index is -4.55. The fourth-order valence-corrected chi connectivity index (χ4v) is 2.89. The van der Waals surface area contributed by atoms with E-state index in [0.29, 0.717) is 5.69 Å². The maximum Gasteiger partial charge on any atom is 0.416 e. The fourth-order valence-electron chi connectivity index (χ4n) is 2.89. The predicted molar refractivity (Wildman–Crippen MR) is 87.7 cm³/mol. The quantitative estimate of drug-likeness (QED) is 0.766. The molecule has 0 fully saturated rings. The van der Waals surface area contributed by atoms with Crippen LogP contribution < -0.4 is 9.80 Å². The highest BCUT2D eigenvalue weighted by atomic mass is 19.4. The molecular weight excluding hydrogens is 333 g/mol. The van der Waals surface area contributed by atoms with Gasteiger partial charge in [0.2, 0.25) is 11.8 Å². The summed E-state index contributed by atoms with van der Waals surface area (Å²) in [4.78, 5) is 27.4. The van der Waals surface area contributed by atoms with Gasteiger partial charge < -0.3 is 4.90 Å². The van der Waals surface area contributed by atoms with E-state index in [1.165, 1.54) is 15.9 Å². The molecule has 4 nitrogen and oxygen atoms in total. The Morgan fingerprint density at radius 2 is 1.64 bits per heavy atom. The number of carbonyl (C=O) groups is 2. The molecule has 0 aromatic heterocycles. The summed E-state index contributed by atoms with van der Waals surface area (Å²) in [7, 11) is 0. The van der Waals surface area contributed by atoms with Crippen molar-refractivity contribution in [1.29, 1.82) is 0 Å². The maximum absolute atomic E-state index is 13.2. The van der Waals surface area contributed by atoms with Crippen LogP contribution in [0.5, 0.6) is 0 Å². The Bertz CT molecular complexity index is 819. The molecule has 1 aliphatic heterocycles. The second kappa shape index (κ2) is 6.23. The number of rotatable bonds is 2. The second-order valence-corrected chi connectivity index (χ2v) is 5.58. The standard InChI is InChI=1S/C18H15F3N2O2/c1-2-22-14-9-8-12(18(19,20)21)10-15(14)23(17(25)11-16(22)24)13-6-4-3-5-7-13/h3-10H,2,11H2,1H3. The predicted octanol–water partition coefficient (Wildman–Crippen LogP) is 4.13. The van der Waals surface area contributed by atoms with Gasteiger partial charge in [-0.15, -0.1) is 0 Å². The molecule has 0 bridgehead atoms. The summed E-state index contributed by atoms with van der Waals surface area (Å²) in [5.41, 5.74) is -0.113. The van der Waals surface area contributed by atoms with Crippen LogP contribution in [-0.2, 0) is 15.8 Å². The number of anilines is 3. The van der Waals surface area contributed by atoms with Crippen molar-refractivity contribution >= 4 is 28.9 Å². The minimum Gasteiger partial charge on any atom is -0.310 e. The number of alkyl halides is 3. The van der Waals surface area contributed by atoms with Crippen LogP contribution in [0.25, 0.3) is 0 Å². The number of hydrogen-bond donors (Lipinski definition) is 0. The number of hydrogen-bond acceptors (Lipinski definition) is 2. The van der Waals surface area contributed by atoms with E-state index in [4.69, 9.17) is 0 Å². The molecule has 0 unspecified atom stereocenters. The highest BCUT2D eigenvalue weighted by molar-refractivity contribution is 6.18. The zero-order chi connectivity index (χ0) is 18.2. The average molecular weight is 348 g/mol. The van der Waals surface area contributed by atoms with E-state index in [1.54, 1.807) is 37.3 Å². The molecule has 0 aliphatic carbocycles. The van der Waals surface area contributed by atoms with Crippen LogP contribution in [0, 0.1) is 0 Å². The smallest absolute Gasteiger partial charge is 0.310 e. The van der Waals surface area contributed by atoms with Crippen LogP contribution in [0.15, 0.2) is 48.5 Å². The molecule has 130 valence electrons. The van der Waals surface area contributed by atoms with E-state index < -0.39 is 30.0 Å². The Balaban J connectivity index is 2.26. The lowest BCUT2D eigenvalue weighted by atomic mass is 10.1. The monoisotopic (exact) mass is 348 g/mol. The lowest BCUT2D eigenvalue weighted by Crippen LogP contribution is -2.31. The van der Waals surface area contributed by atoms with Gasteiger partial charge in [-0.3, -0.25) is 14.5 Å². The Hall–Kier alpha value is -2.83. The maximum atomic E-state index is 13.2. The molecule has 0 radical (unpaired) electrons. The molecule has 2 amide bonds. The lowest BCUT2D eigenvalue weighted by Gasteiger charge is -2.26. The van der Waals surface area contributed by atoms with E-state index >= 15 is 0 Å². The number of amides is 2. The molecule has 1 aliphatic rings. The summed E-state index contributed by atoms with van der Waals surface area (Å²) in [6.45, 7) is 1.97. The van der Waals surface area contributed by atoms with Gasteiger partial charge >= 0.3 is 6.18 Å². The van der Waals surface area contributed by atoms with Crippen molar-refractivity contribution < 1.29 is 22.8 Å². The van der Waals surface area contributed by atoms with Crippen LogP contribution in [-0.4, -0.2) is 18.4 Å². The van der Waals surface area contributed by atoms with Gasteiger partial charge in [0, 0.05) is 12.2 Å².